The van der Waals surface area contributed by atoms with E-state index in [4.69, 9.17) is 20.2 Å². The molecule has 0 aromatic carbocycles. The predicted molar refractivity (Wildman–Crippen MR) is 54.1 cm³/mol. The summed E-state index contributed by atoms with van der Waals surface area (Å²) < 4.78 is 0. The topological polar surface area (TPSA) is 93.0 Å². The molecule has 84 valence electrons. The molecule has 1 aliphatic carbocycles. The van der Waals surface area contributed by atoms with Crippen molar-refractivity contribution in [2.45, 2.75) is 51.3 Å². The summed E-state index contributed by atoms with van der Waals surface area (Å²) in [4.78, 5) is 0. The van der Waals surface area contributed by atoms with Gasteiger partial charge in [-0.05, 0) is 19.8 Å². The van der Waals surface area contributed by atoms with Gasteiger partial charge in [-0.2, -0.15) is 0 Å². The Balaban J connectivity index is 0.000000364. The number of aliphatic hydroxyl groups excluding tert-OH is 1. The average Bonchev–Trinajstić information content (AvgIpc) is 2.03. The maximum Gasteiger partial charge on any atom is 0.631 e. The van der Waals surface area contributed by atoms with Crippen molar-refractivity contribution < 1.29 is 20.2 Å². The lowest BCUT2D eigenvalue weighted by Gasteiger charge is -2.24. The lowest BCUT2D eigenvalue weighted by molar-refractivity contribution is 0.130. The molecule has 0 saturated heterocycles. The molecule has 0 aromatic rings. The second-order valence-electron chi connectivity index (χ2n) is 3.52. The van der Waals surface area contributed by atoms with Crippen molar-refractivity contribution in [3.8, 4) is 0 Å². The van der Waals surface area contributed by atoms with Crippen LogP contribution in [-0.4, -0.2) is 39.8 Å². The highest BCUT2D eigenvalue weighted by Crippen LogP contribution is 2.17. The highest BCUT2D eigenvalue weighted by Gasteiger charge is 2.13. The van der Waals surface area contributed by atoms with Gasteiger partial charge >= 0.3 is 7.32 Å². The highest BCUT2D eigenvalue weighted by atomic mass is 16.5. The molecule has 1 fully saturated rings. The summed E-state index contributed by atoms with van der Waals surface area (Å²) in [7, 11) is -2.17. The molecule has 0 aromatic heterocycles. The Morgan fingerprint density at radius 2 is 1.57 bits per heavy atom. The van der Waals surface area contributed by atoms with Crippen LogP contribution >= 0.6 is 0 Å². The van der Waals surface area contributed by atoms with Crippen LogP contribution in [0, 0.1) is 0 Å². The number of hydrogen-bond acceptors (Lipinski definition) is 5. The van der Waals surface area contributed by atoms with E-state index in [1.165, 1.54) is 32.1 Å². The highest BCUT2D eigenvalue weighted by molar-refractivity contribution is 6.30. The zero-order chi connectivity index (χ0) is 11.0. The largest absolute Gasteiger partial charge is 0.631 e. The van der Waals surface area contributed by atoms with Gasteiger partial charge in [0.15, 0.2) is 0 Å². The lowest BCUT2D eigenvalue weighted by Crippen LogP contribution is -2.37. The first kappa shape index (κ1) is 13.9. The van der Waals surface area contributed by atoms with Crippen molar-refractivity contribution in [1.82, 2.24) is 5.32 Å². The quantitative estimate of drug-likeness (QED) is 0.300. The normalized spacial score (nSPS) is 19.5. The van der Waals surface area contributed by atoms with Crippen LogP contribution in [0.5, 0.6) is 0 Å². The van der Waals surface area contributed by atoms with Gasteiger partial charge in [0.1, 0.15) is 6.23 Å². The van der Waals surface area contributed by atoms with Gasteiger partial charge in [0.25, 0.3) is 0 Å². The van der Waals surface area contributed by atoms with Crippen LogP contribution in [0.15, 0.2) is 0 Å². The van der Waals surface area contributed by atoms with E-state index in [1.807, 2.05) is 0 Å². The molecule has 0 heterocycles. The van der Waals surface area contributed by atoms with Crippen molar-refractivity contribution in [2.75, 3.05) is 0 Å². The SMILES string of the molecule is CC(O)NC1CCCCC1.OB(O)O. The van der Waals surface area contributed by atoms with Crippen LogP contribution < -0.4 is 5.32 Å². The predicted octanol–water partition coefficient (Wildman–Crippen LogP) is -0.805. The Labute approximate surface area is 84.9 Å². The minimum atomic E-state index is -2.17. The number of nitrogens with one attached hydrogen (secondary N) is 1. The van der Waals surface area contributed by atoms with Crippen LogP contribution in [0.1, 0.15) is 39.0 Å². The maximum atomic E-state index is 8.99. The third-order valence-corrected chi connectivity index (χ3v) is 2.08. The van der Waals surface area contributed by atoms with Crippen molar-refractivity contribution in [3.63, 3.8) is 0 Å². The molecule has 0 aliphatic heterocycles. The molecule has 5 N–H and O–H groups in total. The molecule has 1 unspecified atom stereocenters. The standard InChI is InChI=1S/C8H17NO.BH3O3/c1-7(10)9-8-5-3-2-4-6-8;2-1(3)4/h7-10H,2-6H2,1H3;2-4H. The first-order valence-corrected chi connectivity index (χ1v) is 5.00. The van der Waals surface area contributed by atoms with Crippen LogP contribution in [0.3, 0.4) is 0 Å². The number of rotatable bonds is 2. The van der Waals surface area contributed by atoms with Crippen molar-refractivity contribution in [3.05, 3.63) is 0 Å². The summed E-state index contributed by atoms with van der Waals surface area (Å²) in [5.41, 5.74) is 0. The smallest absolute Gasteiger partial charge is 0.402 e. The van der Waals surface area contributed by atoms with Crippen molar-refractivity contribution in [2.24, 2.45) is 0 Å². The van der Waals surface area contributed by atoms with Crippen molar-refractivity contribution in [1.29, 1.82) is 0 Å². The van der Waals surface area contributed by atoms with Crippen LogP contribution in [0.25, 0.3) is 0 Å². The third kappa shape index (κ3) is 9.95. The Morgan fingerprint density at radius 1 is 1.14 bits per heavy atom. The zero-order valence-electron chi connectivity index (χ0n) is 8.56. The Morgan fingerprint density at radius 3 is 1.93 bits per heavy atom. The first-order valence-electron chi connectivity index (χ1n) is 5.00. The van der Waals surface area contributed by atoms with Gasteiger partial charge in [-0.1, -0.05) is 19.3 Å². The zero-order valence-corrected chi connectivity index (χ0v) is 8.56. The van der Waals surface area contributed by atoms with Crippen LogP contribution in [0.4, 0.5) is 0 Å². The molecule has 1 saturated carbocycles. The molecular weight excluding hydrogens is 185 g/mol. The van der Waals surface area contributed by atoms with Gasteiger partial charge < -0.3 is 20.2 Å². The Kier molecular flexibility index (Phi) is 8.12. The monoisotopic (exact) mass is 205 g/mol. The van der Waals surface area contributed by atoms with Gasteiger partial charge in [0.05, 0.1) is 0 Å². The molecule has 0 amide bonds. The van der Waals surface area contributed by atoms with E-state index < -0.39 is 7.32 Å². The van der Waals surface area contributed by atoms with Crippen molar-refractivity contribution >= 4 is 7.32 Å². The second-order valence-corrected chi connectivity index (χ2v) is 3.52. The fourth-order valence-electron chi connectivity index (χ4n) is 1.61. The van der Waals surface area contributed by atoms with E-state index in [-0.39, 0.29) is 6.23 Å². The fourth-order valence-corrected chi connectivity index (χ4v) is 1.61. The first-order chi connectivity index (χ1) is 6.52. The van der Waals surface area contributed by atoms with Crippen LogP contribution in [-0.2, 0) is 0 Å². The second kappa shape index (κ2) is 8.20. The summed E-state index contributed by atoms with van der Waals surface area (Å²) in [6.07, 6.45) is 6.17. The van der Waals surface area contributed by atoms with Gasteiger partial charge in [-0.3, -0.25) is 5.32 Å². The number of hydrogen-bond donors (Lipinski definition) is 5. The molecule has 0 radical (unpaired) electrons. The Bertz CT molecular complexity index is 126. The van der Waals surface area contributed by atoms with E-state index in [0.29, 0.717) is 6.04 Å². The molecule has 14 heavy (non-hydrogen) atoms. The maximum absolute atomic E-state index is 8.99. The molecule has 5 nitrogen and oxygen atoms in total. The summed E-state index contributed by atoms with van der Waals surface area (Å²) >= 11 is 0. The van der Waals surface area contributed by atoms with E-state index in [2.05, 4.69) is 5.32 Å². The summed E-state index contributed by atoms with van der Waals surface area (Å²) in [5.74, 6) is 0. The summed E-state index contributed by atoms with van der Waals surface area (Å²) in [6, 6.07) is 0.578. The van der Waals surface area contributed by atoms with E-state index in [9.17, 15) is 0 Å². The minimum absolute atomic E-state index is 0.330. The van der Waals surface area contributed by atoms with Crippen LogP contribution in [0.2, 0.25) is 0 Å². The minimum Gasteiger partial charge on any atom is -0.402 e. The molecule has 0 spiro atoms. The van der Waals surface area contributed by atoms with E-state index in [1.54, 1.807) is 6.92 Å². The summed E-state index contributed by atoms with van der Waals surface area (Å²) in [6.45, 7) is 1.79. The van der Waals surface area contributed by atoms with Gasteiger partial charge in [-0.25, -0.2) is 0 Å². The molecule has 1 atom stereocenters. The van der Waals surface area contributed by atoms with Gasteiger partial charge in [-0.15, -0.1) is 0 Å². The van der Waals surface area contributed by atoms with E-state index in [0.717, 1.165) is 0 Å². The lowest BCUT2D eigenvalue weighted by atomic mass is 9.95. The molecule has 0 bridgehead atoms. The third-order valence-electron chi connectivity index (χ3n) is 2.08. The Hall–Kier alpha value is -0.135. The van der Waals surface area contributed by atoms with Gasteiger partial charge in [0.2, 0.25) is 0 Å². The summed E-state index contributed by atoms with van der Waals surface area (Å²) in [5, 5.41) is 33.6. The average molecular weight is 205 g/mol. The molecule has 1 rings (SSSR count). The molecular formula is C8H20BNO4. The number of aliphatic hydroxyl groups is 1. The van der Waals surface area contributed by atoms with Gasteiger partial charge in [0, 0.05) is 6.04 Å². The molecule has 6 heteroatoms. The fraction of sp³-hybridized carbons (Fsp3) is 1.00. The molecule has 1 aliphatic rings. The van der Waals surface area contributed by atoms with E-state index >= 15 is 0 Å².